The van der Waals surface area contributed by atoms with Crippen molar-refractivity contribution in [2.75, 3.05) is 10.2 Å². The maximum atomic E-state index is 13.6. The van der Waals surface area contributed by atoms with Crippen LogP contribution < -0.4 is 10.2 Å². The quantitative estimate of drug-likeness (QED) is 0.489. The summed E-state index contributed by atoms with van der Waals surface area (Å²) in [4.78, 5) is 25.3. The first-order chi connectivity index (χ1) is 13.5. The zero-order chi connectivity index (χ0) is 19.8. The minimum Gasteiger partial charge on any atom is -0.360 e. The van der Waals surface area contributed by atoms with E-state index in [0.717, 1.165) is 0 Å². The number of rotatable bonds is 3. The van der Waals surface area contributed by atoms with Crippen molar-refractivity contribution in [1.29, 1.82) is 0 Å². The van der Waals surface area contributed by atoms with Gasteiger partial charge >= 0.3 is 0 Å². The first-order valence-corrected chi connectivity index (χ1v) is 8.72. The average Bonchev–Trinajstić information content (AvgIpc) is 2.70. The highest BCUT2D eigenvalue weighted by atomic mass is 35.5. The predicted octanol–water partition coefficient (Wildman–Crippen LogP) is 5.16. The Morgan fingerprint density at radius 3 is 2.61 bits per heavy atom. The van der Waals surface area contributed by atoms with Crippen LogP contribution in [-0.2, 0) is 0 Å². The highest BCUT2D eigenvalue weighted by Gasteiger charge is 2.34. The summed E-state index contributed by atoms with van der Waals surface area (Å²) in [5.74, 6) is -0.927. The summed E-state index contributed by atoms with van der Waals surface area (Å²) < 4.78 is 13.6. The normalized spacial score (nSPS) is 15.7. The Morgan fingerprint density at radius 2 is 1.86 bits per heavy atom. The molecule has 0 bridgehead atoms. The Balaban J connectivity index is 1.88. The maximum Gasteiger partial charge on any atom is 0.269 e. The number of nitrogens with zero attached hydrogens (tertiary/aromatic N) is 2. The van der Waals surface area contributed by atoms with E-state index in [1.807, 2.05) is 0 Å². The molecule has 0 saturated carbocycles. The molecule has 1 heterocycles. The number of nitrogens with one attached hydrogen (secondary N) is 1. The molecule has 0 aromatic heterocycles. The van der Waals surface area contributed by atoms with E-state index in [-0.39, 0.29) is 16.6 Å². The number of carbonyl (C=O) groups is 1. The number of carbonyl (C=O) groups excluding carboxylic acids is 1. The number of hydrogen-bond acceptors (Lipinski definition) is 4. The Bertz CT molecular complexity index is 1110. The van der Waals surface area contributed by atoms with Gasteiger partial charge in [0, 0.05) is 29.1 Å². The third kappa shape index (κ3) is 3.05. The van der Waals surface area contributed by atoms with Gasteiger partial charge in [-0.05, 0) is 30.3 Å². The number of halogens is 2. The van der Waals surface area contributed by atoms with Crippen molar-refractivity contribution in [3.8, 4) is 0 Å². The Hall–Kier alpha value is -3.45. The van der Waals surface area contributed by atoms with Crippen LogP contribution in [0.3, 0.4) is 0 Å². The molecular weight excluding hydrogens is 385 g/mol. The molecule has 140 valence electrons. The number of anilines is 2. The zero-order valence-electron chi connectivity index (χ0n) is 14.3. The Morgan fingerprint density at radius 1 is 1.07 bits per heavy atom. The van der Waals surface area contributed by atoms with Gasteiger partial charge in [0.05, 0.1) is 15.5 Å². The third-order valence-electron chi connectivity index (χ3n) is 4.50. The van der Waals surface area contributed by atoms with Gasteiger partial charge < -0.3 is 5.32 Å². The van der Waals surface area contributed by atoms with Crippen molar-refractivity contribution < 1.29 is 14.1 Å². The molecule has 3 aromatic rings. The second-order valence-corrected chi connectivity index (χ2v) is 6.63. The predicted molar refractivity (Wildman–Crippen MR) is 104 cm³/mol. The second-order valence-electron chi connectivity index (χ2n) is 6.22. The summed E-state index contributed by atoms with van der Waals surface area (Å²) in [5, 5.41) is 14.3. The molecule has 0 unspecified atom stereocenters. The summed E-state index contributed by atoms with van der Waals surface area (Å²) >= 11 is 5.92. The summed E-state index contributed by atoms with van der Waals surface area (Å²) in [6.07, 6.45) is -0.733. The molecule has 0 spiro atoms. The van der Waals surface area contributed by atoms with Gasteiger partial charge in [-0.1, -0.05) is 35.9 Å². The van der Waals surface area contributed by atoms with E-state index >= 15 is 0 Å². The van der Waals surface area contributed by atoms with E-state index in [9.17, 15) is 19.3 Å². The molecule has 1 N–H and O–H groups in total. The standard InChI is InChI=1S/C20H13ClFN3O3/c21-16-11-13(8-9-17(16)22)24-19(12-4-3-5-14(10-12)25(27)28)23-18-7-2-1-6-15(18)20(24)26/h1-11,19,23H/t19-/m1/s1. The van der Waals surface area contributed by atoms with E-state index in [4.69, 9.17) is 11.6 Å². The largest absolute Gasteiger partial charge is 0.360 e. The van der Waals surface area contributed by atoms with E-state index in [0.29, 0.717) is 22.5 Å². The van der Waals surface area contributed by atoms with Gasteiger partial charge in [-0.2, -0.15) is 0 Å². The fourth-order valence-electron chi connectivity index (χ4n) is 3.20. The Kier molecular flexibility index (Phi) is 4.44. The molecule has 8 heteroatoms. The lowest BCUT2D eigenvalue weighted by Gasteiger charge is -2.38. The van der Waals surface area contributed by atoms with E-state index < -0.39 is 16.9 Å². The lowest BCUT2D eigenvalue weighted by molar-refractivity contribution is -0.384. The summed E-state index contributed by atoms with van der Waals surface area (Å²) in [6, 6.07) is 16.9. The number of benzene rings is 3. The van der Waals surface area contributed by atoms with Crippen LogP contribution in [-0.4, -0.2) is 10.8 Å². The number of nitro benzene ring substituents is 1. The maximum absolute atomic E-state index is 13.6. The van der Waals surface area contributed by atoms with Gasteiger partial charge in [0.1, 0.15) is 12.0 Å². The number of fused-ring (bicyclic) bond motifs is 1. The van der Waals surface area contributed by atoms with Crippen LogP contribution in [0, 0.1) is 15.9 Å². The van der Waals surface area contributed by atoms with Crippen molar-refractivity contribution >= 4 is 34.6 Å². The molecule has 1 atom stereocenters. The number of hydrogen-bond donors (Lipinski definition) is 1. The van der Waals surface area contributed by atoms with Crippen molar-refractivity contribution in [2.45, 2.75) is 6.17 Å². The van der Waals surface area contributed by atoms with Crippen molar-refractivity contribution in [3.63, 3.8) is 0 Å². The molecule has 28 heavy (non-hydrogen) atoms. The first-order valence-electron chi connectivity index (χ1n) is 8.34. The second kappa shape index (κ2) is 6.94. The molecular formula is C20H13ClFN3O3. The zero-order valence-corrected chi connectivity index (χ0v) is 15.1. The van der Waals surface area contributed by atoms with Crippen LogP contribution in [0.2, 0.25) is 5.02 Å². The minimum absolute atomic E-state index is 0.0947. The third-order valence-corrected chi connectivity index (χ3v) is 4.79. The average molecular weight is 398 g/mol. The van der Waals surface area contributed by atoms with E-state index in [2.05, 4.69) is 5.32 Å². The molecule has 0 saturated heterocycles. The lowest BCUT2D eigenvalue weighted by Crippen LogP contribution is -2.43. The first kappa shape index (κ1) is 17.9. The molecule has 1 aliphatic heterocycles. The molecule has 6 nitrogen and oxygen atoms in total. The van der Waals surface area contributed by atoms with E-state index in [1.165, 1.54) is 35.2 Å². The smallest absolute Gasteiger partial charge is 0.269 e. The minimum atomic E-state index is -0.733. The van der Waals surface area contributed by atoms with Gasteiger partial charge in [-0.15, -0.1) is 0 Å². The van der Waals surface area contributed by atoms with Crippen LogP contribution in [0.5, 0.6) is 0 Å². The van der Waals surface area contributed by atoms with Crippen molar-refractivity contribution in [2.24, 2.45) is 0 Å². The number of nitro groups is 1. The van der Waals surface area contributed by atoms with Gasteiger partial charge in [0.15, 0.2) is 0 Å². The van der Waals surface area contributed by atoms with Gasteiger partial charge in [0.25, 0.3) is 11.6 Å². The molecule has 0 aliphatic carbocycles. The SMILES string of the molecule is O=C1c2ccccc2N[C@@H](c2cccc([N+](=O)[O-])c2)N1c1ccc(F)c(Cl)c1. The van der Waals surface area contributed by atoms with Gasteiger partial charge in [-0.3, -0.25) is 19.8 Å². The van der Waals surface area contributed by atoms with Gasteiger partial charge in [-0.25, -0.2) is 4.39 Å². The van der Waals surface area contributed by atoms with Crippen molar-refractivity contribution in [1.82, 2.24) is 0 Å². The fraction of sp³-hybridized carbons (Fsp3) is 0.0500. The Labute approximate surface area is 164 Å². The van der Waals surface area contributed by atoms with Crippen molar-refractivity contribution in [3.05, 3.63) is 98.8 Å². The summed E-state index contributed by atoms with van der Waals surface area (Å²) in [6.45, 7) is 0. The molecule has 3 aromatic carbocycles. The molecule has 0 radical (unpaired) electrons. The van der Waals surface area contributed by atoms with Crippen LogP contribution >= 0.6 is 11.6 Å². The fourth-order valence-corrected chi connectivity index (χ4v) is 3.37. The molecule has 1 amide bonds. The van der Waals surface area contributed by atoms with Crippen LogP contribution in [0.15, 0.2) is 66.7 Å². The summed E-state index contributed by atoms with van der Waals surface area (Å²) in [5.41, 5.74) is 1.83. The van der Waals surface area contributed by atoms with Crippen LogP contribution in [0.1, 0.15) is 22.1 Å². The molecule has 0 fully saturated rings. The van der Waals surface area contributed by atoms with Gasteiger partial charge in [0.2, 0.25) is 0 Å². The van der Waals surface area contributed by atoms with E-state index in [1.54, 1.807) is 36.4 Å². The highest BCUT2D eigenvalue weighted by Crippen LogP contribution is 2.38. The van der Waals surface area contributed by atoms with Crippen LogP contribution in [0.4, 0.5) is 21.5 Å². The van der Waals surface area contributed by atoms with Crippen LogP contribution in [0.25, 0.3) is 0 Å². The molecule has 4 rings (SSSR count). The highest BCUT2D eigenvalue weighted by molar-refractivity contribution is 6.31. The topological polar surface area (TPSA) is 75.5 Å². The lowest BCUT2D eigenvalue weighted by atomic mass is 10.0. The number of para-hydroxylation sites is 1. The number of amides is 1. The number of non-ortho nitro benzene ring substituents is 1. The summed E-state index contributed by atoms with van der Waals surface area (Å²) in [7, 11) is 0. The monoisotopic (exact) mass is 397 g/mol. The molecule has 1 aliphatic rings.